The van der Waals surface area contributed by atoms with Gasteiger partial charge in [0, 0.05) is 28.9 Å². The van der Waals surface area contributed by atoms with Gasteiger partial charge in [-0.1, -0.05) is 31.2 Å². The van der Waals surface area contributed by atoms with Gasteiger partial charge in [-0.15, -0.1) is 10.2 Å². The quantitative estimate of drug-likeness (QED) is 0.632. The predicted octanol–water partition coefficient (Wildman–Crippen LogP) is 4.92. The van der Waals surface area contributed by atoms with E-state index in [2.05, 4.69) is 27.3 Å². The summed E-state index contributed by atoms with van der Waals surface area (Å²) in [6, 6.07) is 10.6. The molecule has 1 fully saturated rings. The van der Waals surface area contributed by atoms with Crippen molar-refractivity contribution in [1.29, 1.82) is 0 Å². The van der Waals surface area contributed by atoms with Crippen LogP contribution in [0.15, 0.2) is 42.5 Å². The molecule has 2 aromatic carbocycles. The van der Waals surface area contributed by atoms with Gasteiger partial charge in [0.05, 0.1) is 5.56 Å². The number of nitrogens with one attached hydrogen (secondary N) is 1. The van der Waals surface area contributed by atoms with E-state index in [1.165, 1.54) is 6.07 Å². The summed E-state index contributed by atoms with van der Waals surface area (Å²) in [6.07, 6.45) is -2.38. The van der Waals surface area contributed by atoms with Gasteiger partial charge >= 0.3 is 6.18 Å². The highest BCUT2D eigenvalue weighted by atomic mass is 19.4. The second kappa shape index (κ2) is 8.10. The Morgan fingerprint density at radius 3 is 2.60 bits per heavy atom. The van der Waals surface area contributed by atoms with Crippen molar-refractivity contribution >= 4 is 16.6 Å². The van der Waals surface area contributed by atoms with Crippen molar-refractivity contribution in [2.45, 2.75) is 32.0 Å². The second-order valence-corrected chi connectivity index (χ2v) is 7.55. The Morgan fingerprint density at radius 1 is 1.13 bits per heavy atom. The van der Waals surface area contributed by atoms with Crippen molar-refractivity contribution in [2.75, 3.05) is 25.0 Å². The van der Waals surface area contributed by atoms with Crippen molar-refractivity contribution in [1.82, 2.24) is 15.1 Å². The maximum absolute atomic E-state index is 12.9. The summed E-state index contributed by atoms with van der Waals surface area (Å²) in [5.41, 5.74) is -0.341. The minimum atomic E-state index is -4.52. The zero-order valence-corrected chi connectivity index (χ0v) is 16.6. The normalized spacial score (nSPS) is 17.9. The molecule has 30 heavy (non-hydrogen) atoms. The smallest absolute Gasteiger partial charge is 0.416 e. The zero-order valence-electron chi connectivity index (χ0n) is 16.6. The lowest BCUT2D eigenvalue weighted by Gasteiger charge is -2.32. The van der Waals surface area contributed by atoms with E-state index in [9.17, 15) is 18.3 Å². The molecule has 1 atom stereocenters. The van der Waals surface area contributed by atoms with Crippen molar-refractivity contribution in [3.05, 3.63) is 48.0 Å². The molecule has 5 nitrogen and oxygen atoms in total. The number of aromatic nitrogens is 2. The van der Waals surface area contributed by atoms with Crippen LogP contribution >= 0.6 is 0 Å². The van der Waals surface area contributed by atoms with Gasteiger partial charge in [-0.05, 0) is 44.1 Å². The SMILES string of the molecule is CCN1CCCC(Nc2nnc(-c3ccc(C(F)(F)F)cc3O)c3ccccc23)C1. The number of nitrogens with zero attached hydrogens (tertiary/aromatic N) is 3. The van der Waals surface area contributed by atoms with Crippen LogP contribution in [0.2, 0.25) is 0 Å². The van der Waals surface area contributed by atoms with E-state index >= 15 is 0 Å². The lowest BCUT2D eigenvalue weighted by atomic mass is 10.0. The molecule has 0 bridgehead atoms. The third-order valence-corrected chi connectivity index (χ3v) is 5.56. The van der Waals surface area contributed by atoms with E-state index in [0.29, 0.717) is 16.9 Å². The van der Waals surface area contributed by atoms with Crippen molar-refractivity contribution in [3.8, 4) is 17.0 Å². The molecule has 0 saturated carbocycles. The number of likely N-dealkylation sites (tertiary alicyclic amines) is 1. The molecular weight excluding hydrogens is 393 g/mol. The molecule has 1 aliphatic rings. The molecule has 2 heterocycles. The van der Waals surface area contributed by atoms with Gasteiger partial charge in [-0.2, -0.15) is 13.2 Å². The minimum absolute atomic E-state index is 0.216. The number of anilines is 1. The van der Waals surface area contributed by atoms with Crippen LogP contribution in [0.25, 0.3) is 22.0 Å². The molecule has 1 aromatic heterocycles. The summed E-state index contributed by atoms with van der Waals surface area (Å²) in [5, 5.41) is 23.9. The number of hydrogen-bond donors (Lipinski definition) is 2. The third-order valence-electron chi connectivity index (χ3n) is 5.56. The van der Waals surface area contributed by atoms with Gasteiger partial charge < -0.3 is 15.3 Å². The number of phenolic OH excluding ortho intramolecular Hbond substituents is 1. The Kier molecular flexibility index (Phi) is 5.51. The Hall–Kier alpha value is -2.87. The third kappa shape index (κ3) is 4.05. The molecule has 0 aliphatic carbocycles. The molecule has 0 radical (unpaired) electrons. The van der Waals surface area contributed by atoms with Crippen LogP contribution in [0.5, 0.6) is 5.75 Å². The Labute approximate surface area is 172 Å². The average molecular weight is 416 g/mol. The molecule has 1 saturated heterocycles. The fourth-order valence-electron chi connectivity index (χ4n) is 3.97. The Bertz CT molecular complexity index is 1050. The van der Waals surface area contributed by atoms with E-state index in [-0.39, 0.29) is 11.6 Å². The molecule has 158 valence electrons. The van der Waals surface area contributed by atoms with Crippen molar-refractivity contribution < 1.29 is 18.3 Å². The van der Waals surface area contributed by atoms with Crippen molar-refractivity contribution in [3.63, 3.8) is 0 Å². The highest BCUT2D eigenvalue weighted by Gasteiger charge is 2.31. The predicted molar refractivity (Wildman–Crippen MR) is 110 cm³/mol. The maximum Gasteiger partial charge on any atom is 0.416 e. The van der Waals surface area contributed by atoms with E-state index in [0.717, 1.165) is 50.0 Å². The van der Waals surface area contributed by atoms with E-state index in [1.807, 2.05) is 24.3 Å². The summed E-state index contributed by atoms with van der Waals surface area (Å²) in [6.45, 7) is 5.15. The number of fused-ring (bicyclic) bond motifs is 1. The number of alkyl halides is 3. The highest BCUT2D eigenvalue weighted by molar-refractivity contribution is 6.00. The number of piperidine rings is 1. The molecular formula is C22H23F3N4O. The fraction of sp³-hybridized carbons (Fsp3) is 0.364. The van der Waals surface area contributed by atoms with Crippen LogP contribution in [0.3, 0.4) is 0 Å². The number of benzene rings is 2. The largest absolute Gasteiger partial charge is 0.507 e. The van der Waals surface area contributed by atoms with Crippen LogP contribution in [0, 0.1) is 0 Å². The maximum atomic E-state index is 12.9. The molecule has 1 aliphatic heterocycles. The Morgan fingerprint density at radius 2 is 1.90 bits per heavy atom. The first-order chi connectivity index (χ1) is 14.4. The standard InChI is InChI=1S/C22H23F3N4O/c1-2-29-11-5-6-15(13-29)26-21-17-8-4-3-7-16(17)20(27-28-21)18-10-9-14(12-19(18)30)22(23,24)25/h3-4,7-10,12,15,30H,2,5-6,11,13H2,1H3,(H,26,28). The summed E-state index contributed by atoms with van der Waals surface area (Å²) in [5.74, 6) is 0.166. The summed E-state index contributed by atoms with van der Waals surface area (Å²) < 4.78 is 38.8. The molecule has 0 amide bonds. The van der Waals surface area contributed by atoms with Gasteiger partial charge in [0.15, 0.2) is 5.82 Å². The lowest BCUT2D eigenvalue weighted by Crippen LogP contribution is -2.42. The molecule has 3 aromatic rings. The average Bonchev–Trinajstić information content (AvgIpc) is 2.74. The number of phenols is 1. The monoisotopic (exact) mass is 416 g/mol. The van der Waals surface area contributed by atoms with Crippen LogP contribution in [-0.4, -0.2) is 45.9 Å². The minimum Gasteiger partial charge on any atom is -0.507 e. The number of aromatic hydroxyl groups is 1. The Balaban J connectivity index is 1.71. The van der Waals surface area contributed by atoms with E-state index in [4.69, 9.17) is 0 Å². The fourth-order valence-corrected chi connectivity index (χ4v) is 3.97. The topological polar surface area (TPSA) is 61.3 Å². The summed E-state index contributed by atoms with van der Waals surface area (Å²) >= 11 is 0. The molecule has 2 N–H and O–H groups in total. The van der Waals surface area contributed by atoms with Gasteiger partial charge in [-0.25, -0.2) is 0 Å². The van der Waals surface area contributed by atoms with Gasteiger partial charge in [-0.3, -0.25) is 0 Å². The summed E-state index contributed by atoms with van der Waals surface area (Å²) in [4.78, 5) is 2.38. The number of likely N-dealkylation sites (N-methyl/N-ethyl adjacent to an activating group) is 1. The first-order valence-electron chi connectivity index (χ1n) is 10.0. The molecule has 4 rings (SSSR count). The van der Waals surface area contributed by atoms with Gasteiger partial charge in [0.1, 0.15) is 11.4 Å². The van der Waals surface area contributed by atoms with Gasteiger partial charge in [0.2, 0.25) is 0 Å². The highest BCUT2D eigenvalue weighted by Crippen LogP contribution is 2.38. The van der Waals surface area contributed by atoms with Crippen molar-refractivity contribution in [2.24, 2.45) is 0 Å². The van der Waals surface area contributed by atoms with Crippen LogP contribution in [0.4, 0.5) is 19.0 Å². The van der Waals surface area contributed by atoms with E-state index in [1.54, 1.807) is 0 Å². The number of rotatable bonds is 4. The second-order valence-electron chi connectivity index (χ2n) is 7.55. The zero-order chi connectivity index (χ0) is 21.3. The van der Waals surface area contributed by atoms with Crippen LogP contribution < -0.4 is 5.32 Å². The molecule has 8 heteroatoms. The lowest BCUT2D eigenvalue weighted by molar-refractivity contribution is -0.137. The molecule has 0 spiro atoms. The van der Waals surface area contributed by atoms with Gasteiger partial charge in [0.25, 0.3) is 0 Å². The number of halogens is 3. The van der Waals surface area contributed by atoms with E-state index < -0.39 is 17.5 Å². The van der Waals surface area contributed by atoms with Crippen LogP contribution in [0.1, 0.15) is 25.3 Å². The first-order valence-corrected chi connectivity index (χ1v) is 10.0. The first kappa shape index (κ1) is 20.4. The number of hydrogen-bond acceptors (Lipinski definition) is 5. The summed E-state index contributed by atoms with van der Waals surface area (Å²) in [7, 11) is 0. The van der Waals surface area contributed by atoms with Crippen LogP contribution in [-0.2, 0) is 6.18 Å². The molecule has 1 unspecified atom stereocenters.